The van der Waals surface area contributed by atoms with Gasteiger partial charge in [0.25, 0.3) is 0 Å². The lowest BCUT2D eigenvalue weighted by atomic mass is 10.1. The maximum Gasteiger partial charge on any atom is 0.178 e. The lowest BCUT2D eigenvalue weighted by Crippen LogP contribution is -2.79. The quantitative estimate of drug-likeness (QED) is 0.764. The fraction of sp³-hybridized carbons (Fsp3) is 0.235. The summed E-state index contributed by atoms with van der Waals surface area (Å²) in [5.74, 6) is 0. The molecule has 0 aromatic heterocycles. The van der Waals surface area contributed by atoms with Crippen LogP contribution in [0.1, 0.15) is 23.6 Å². The van der Waals surface area contributed by atoms with Crippen LogP contribution in [0.2, 0.25) is 0 Å². The first-order valence-electron chi connectivity index (χ1n) is 6.55. The minimum Gasteiger partial charge on any atom is -0.242 e. The van der Waals surface area contributed by atoms with Gasteiger partial charge in [0, 0.05) is 25.3 Å². The van der Waals surface area contributed by atoms with Crippen molar-refractivity contribution in [1.29, 1.82) is 0 Å². The molecule has 18 heavy (non-hydrogen) atoms. The maximum atomic E-state index is 3.66. The second kappa shape index (κ2) is 4.77. The molecule has 1 aliphatic carbocycles. The van der Waals surface area contributed by atoms with E-state index in [1.54, 1.807) is 0 Å². The first-order chi connectivity index (χ1) is 8.83. The first-order valence-corrected chi connectivity index (χ1v) is 6.55. The van der Waals surface area contributed by atoms with Crippen LogP contribution in [0.3, 0.4) is 0 Å². The van der Waals surface area contributed by atoms with Gasteiger partial charge in [-0.2, -0.15) is 0 Å². The number of benzene rings is 2. The SMILES string of the molecule is CC(=[NH+]C1Cc2ccccc2C1)c1ccccc1. The summed E-state index contributed by atoms with van der Waals surface area (Å²) in [5, 5.41) is 0. The highest BCUT2D eigenvalue weighted by atomic mass is 14.8. The number of hydrogen-bond donors (Lipinski definition) is 1. The second-order valence-electron chi connectivity index (χ2n) is 5.01. The van der Waals surface area contributed by atoms with Gasteiger partial charge in [0.1, 0.15) is 0 Å². The molecule has 1 aliphatic rings. The predicted octanol–water partition coefficient (Wildman–Crippen LogP) is 1.74. The van der Waals surface area contributed by atoms with E-state index in [-0.39, 0.29) is 0 Å². The molecule has 0 spiro atoms. The van der Waals surface area contributed by atoms with E-state index in [1.807, 2.05) is 0 Å². The third kappa shape index (κ3) is 2.21. The lowest BCUT2D eigenvalue weighted by Gasteiger charge is -1.99. The highest BCUT2D eigenvalue weighted by molar-refractivity contribution is 5.94. The molecule has 0 fully saturated rings. The Hall–Kier alpha value is -1.89. The Bertz CT molecular complexity index is 544. The van der Waals surface area contributed by atoms with Crippen molar-refractivity contribution in [3.63, 3.8) is 0 Å². The Kier molecular flexibility index (Phi) is 2.97. The first kappa shape index (κ1) is 11.2. The molecule has 0 amide bonds. The minimum absolute atomic E-state index is 0.544. The molecule has 2 aromatic rings. The van der Waals surface area contributed by atoms with Crippen molar-refractivity contribution in [3.05, 3.63) is 71.3 Å². The van der Waals surface area contributed by atoms with E-state index in [1.165, 1.54) is 22.4 Å². The Morgan fingerprint density at radius 2 is 1.44 bits per heavy atom. The molecule has 1 heteroatoms. The van der Waals surface area contributed by atoms with Crippen molar-refractivity contribution >= 4 is 5.71 Å². The Labute approximate surface area is 108 Å². The number of nitrogens with one attached hydrogen (secondary N) is 1. The topological polar surface area (TPSA) is 14.0 Å². The smallest absolute Gasteiger partial charge is 0.178 e. The largest absolute Gasteiger partial charge is 0.242 e. The molecule has 2 aromatic carbocycles. The van der Waals surface area contributed by atoms with Crippen LogP contribution in [0.15, 0.2) is 54.6 Å². The van der Waals surface area contributed by atoms with Crippen LogP contribution in [-0.2, 0) is 12.8 Å². The van der Waals surface area contributed by atoms with Gasteiger partial charge in [0.15, 0.2) is 11.8 Å². The fourth-order valence-electron chi connectivity index (χ4n) is 2.74. The zero-order valence-corrected chi connectivity index (χ0v) is 10.7. The van der Waals surface area contributed by atoms with Gasteiger partial charge in [-0.25, -0.2) is 4.99 Å². The normalized spacial score (nSPS) is 15.7. The standard InChI is InChI=1S/C17H17N/c1-13(14-7-3-2-4-8-14)18-17-11-15-9-5-6-10-16(15)12-17/h2-10,17H,11-12H2,1H3/p+1. The molecule has 0 saturated carbocycles. The highest BCUT2D eigenvalue weighted by Crippen LogP contribution is 2.19. The van der Waals surface area contributed by atoms with Crippen LogP contribution in [0.4, 0.5) is 0 Å². The van der Waals surface area contributed by atoms with Gasteiger partial charge in [0.2, 0.25) is 0 Å². The third-order valence-electron chi connectivity index (χ3n) is 3.68. The van der Waals surface area contributed by atoms with Crippen LogP contribution >= 0.6 is 0 Å². The molecule has 1 nitrogen and oxygen atoms in total. The summed E-state index contributed by atoms with van der Waals surface area (Å²) >= 11 is 0. The van der Waals surface area contributed by atoms with Crippen LogP contribution in [-0.4, -0.2) is 11.8 Å². The summed E-state index contributed by atoms with van der Waals surface area (Å²) in [4.78, 5) is 3.66. The molecule has 0 bridgehead atoms. The maximum absolute atomic E-state index is 3.66. The molecule has 3 rings (SSSR count). The molecule has 0 aliphatic heterocycles. The molecule has 0 saturated heterocycles. The van der Waals surface area contributed by atoms with Crippen molar-refractivity contribution in [2.45, 2.75) is 25.8 Å². The number of fused-ring (bicyclic) bond motifs is 1. The molecule has 0 heterocycles. The van der Waals surface area contributed by atoms with Crippen molar-refractivity contribution < 1.29 is 4.99 Å². The minimum atomic E-state index is 0.544. The Balaban J connectivity index is 1.80. The Morgan fingerprint density at radius 1 is 0.889 bits per heavy atom. The predicted molar refractivity (Wildman–Crippen MR) is 74.8 cm³/mol. The van der Waals surface area contributed by atoms with Gasteiger partial charge < -0.3 is 0 Å². The average Bonchev–Trinajstić information content (AvgIpc) is 2.82. The van der Waals surface area contributed by atoms with Crippen molar-refractivity contribution in [1.82, 2.24) is 0 Å². The second-order valence-corrected chi connectivity index (χ2v) is 5.01. The van der Waals surface area contributed by atoms with Gasteiger partial charge >= 0.3 is 0 Å². The zero-order chi connectivity index (χ0) is 12.4. The van der Waals surface area contributed by atoms with Crippen LogP contribution in [0.25, 0.3) is 0 Å². The van der Waals surface area contributed by atoms with Gasteiger partial charge in [-0.3, -0.25) is 0 Å². The van der Waals surface area contributed by atoms with Crippen LogP contribution in [0.5, 0.6) is 0 Å². The Morgan fingerprint density at radius 3 is 2.06 bits per heavy atom. The van der Waals surface area contributed by atoms with Crippen LogP contribution in [0, 0.1) is 0 Å². The highest BCUT2D eigenvalue weighted by Gasteiger charge is 2.24. The van der Waals surface area contributed by atoms with E-state index in [2.05, 4.69) is 66.5 Å². The lowest BCUT2D eigenvalue weighted by molar-refractivity contribution is -0.500. The van der Waals surface area contributed by atoms with Crippen molar-refractivity contribution in [2.75, 3.05) is 0 Å². The van der Waals surface area contributed by atoms with Gasteiger partial charge in [0.05, 0.1) is 0 Å². The third-order valence-corrected chi connectivity index (χ3v) is 3.68. The molecule has 90 valence electrons. The van der Waals surface area contributed by atoms with Gasteiger partial charge in [-0.05, 0) is 23.3 Å². The van der Waals surface area contributed by atoms with E-state index in [0.29, 0.717) is 6.04 Å². The molecule has 0 atom stereocenters. The monoisotopic (exact) mass is 236 g/mol. The van der Waals surface area contributed by atoms with Gasteiger partial charge in [-0.1, -0.05) is 42.5 Å². The molecular weight excluding hydrogens is 218 g/mol. The summed E-state index contributed by atoms with van der Waals surface area (Å²) in [6, 6.07) is 19.8. The molecule has 1 N–H and O–H groups in total. The van der Waals surface area contributed by atoms with E-state index in [0.717, 1.165) is 12.8 Å². The zero-order valence-electron chi connectivity index (χ0n) is 10.7. The molecule has 0 radical (unpaired) electrons. The van der Waals surface area contributed by atoms with Crippen molar-refractivity contribution in [3.8, 4) is 0 Å². The van der Waals surface area contributed by atoms with Crippen molar-refractivity contribution in [2.24, 2.45) is 0 Å². The van der Waals surface area contributed by atoms with E-state index in [4.69, 9.17) is 0 Å². The fourth-order valence-corrected chi connectivity index (χ4v) is 2.74. The number of hydrogen-bond acceptors (Lipinski definition) is 0. The average molecular weight is 236 g/mol. The molecular formula is C17H18N+. The summed E-state index contributed by atoms with van der Waals surface area (Å²) in [5.41, 5.74) is 5.55. The number of rotatable bonds is 2. The van der Waals surface area contributed by atoms with E-state index in [9.17, 15) is 0 Å². The van der Waals surface area contributed by atoms with Crippen LogP contribution < -0.4 is 4.99 Å². The summed E-state index contributed by atoms with van der Waals surface area (Å²) < 4.78 is 0. The summed E-state index contributed by atoms with van der Waals surface area (Å²) in [6.07, 6.45) is 2.28. The summed E-state index contributed by atoms with van der Waals surface area (Å²) in [7, 11) is 0. The summed E-state index contributed by atoms with van der Waals surface area (Å²) in [6.45, 7) is 2.16. The van der Waals surface area contributed by atoms with E-state index >= 15 is 0 Å². The van der Waals surface area contributed by atoms with Gasteiger partial charge in [-0.15, -0.1) is 0 Å². The van der Waals surface area contributed by atoms with E-state index < -0.39 is 0 Å². The molecule has 0 unspecified atom stereocenters.